The Morgan fingerprint density at radius 3 is 2.68 bits per heavy atom. The predicted molar refractivity (Wildman–Crippen MR) is 86.2 cm³/mol. The first-order valence-electron chi connectivity index (χ1n) is 6.80. The molecule has 0 aliphatic rings. The van der Waals surface area contributed by atoms with Crippen molar-refractivity contribution in [2.45, 2.75) is 20.3 Å². The first kappa shape index (κ1) is 16.6. The van der Waals surface area contributed by atoms with Crippen LogP contribution in [0.4, 0.5) is 0 Å². The highest BCUT2D eigenvalue weighted by atomic mass is 35.5. The summed E-state index contributed by atoms with van der Waals surface area (Å²) >= 11 is 7.64. The zero-order chi connectivity index (χ0) is 16.1. The van der Waals surface area contributed by atoms with Crippen LogP contribution in [-0.4, -0.2) is 29.3 Å². The third-order valence-corrected chi connectivity index (χ3v) is 3.95. The highest BCUT2D eigenvalue weighted by Crippen LogP contribution is 2.40. The van der Waals surface area contributed by atoms with Crippen molar-refractivity contribution >= 4 is 28.9 Å². The molecule has 0 radical (unpaired) electrons. The van der Waals surface area contributed by atoms with Gasteiger partial charge in [-0.1, -0.05) is 11.6 Å². The van der Waals surface area contributed by atoms with Crippen LogP contribution in [0.1, 0.15) is 19.5 Å². The van der Waals surface area contributed by atoms with Gasteiger partial charge in [-0.2, -0.15) is 0 Å². The summed E-state index contributed by atoms with van der Waals surface area (Å²) in [5.74, 6) is 0.162. The number of benzene rings is 1. The number of rotatable bonds is 7. The maximum Gasteiger partial charge on any atom is 0.309 e. The number of hydrogen-bond donors (Lipinski definition) is 1. The highest BCUT2D eigenvalue weighted by molar-refractivity contribution is 7.13. The monoisotopic (exact) mass is 341 g/mol. The summed E-state index contributed by atoms with van der Waals surface area (Å²) in [5, 5.41) is 11.7. The van der Waals surface area contributed by atoms with E-state index in [0.29, 0.717) is 40.4 Å². The number of ether oxygens (including phenoxy) is 2. The van der Waals surface area contributed by atoms with Gasteiger partial charge in [0.05, 0.1) is 30.4 Å². The molecule has 1 heterocycles. The van der Waals surface area contributed by atoms with E-state index in [0.717, 1.165) is 5.56 Å². The van der Waals surface area contributed by atoms with Crippen LogP contribution in [0.15, 0.2) is 17.5 Å². The predicted octanol–water partition coefficient (Wildman–Crippen LogP) is 3.89. The molecule has 0 aliphatic heterocycles. The molecule has 22 heavy (non-hydrogen) atoms. The summed E-state index contributed by atoms with van der Waals surface area (Å²) in [6, 6.07) is 3.56. The zero-order valence-corrected chi connectivity index (χ0v) is 13.8. The first-order valence-corrected chi connectivity index (χ1v) is 8.06. The molecule has 118 valence electrons. The molecule has 1 aromatic heterocycles. The van der Waals surface area contributed by atoms with Crippen molar-refractivity contribution < 1.29 is 19.4 Å². The second kappa shape index (κ2) is 7.47. The van der Waals surface area contributed by atoms with Crippen LogP contribution in [0.3, 0.4) is 0 Å². The van der Waals surface area contributed by atoms with E-state index in [1.54, 1.807) is 11.4 Å². The Hall–Kier alpha value is -1.79. The van der Waals surface area contributed by atoms with Gasteiger partial charge in [-0.15, -0.1) is 11.3 Å². The Balaban J connectivity index is 2.38. The lowest BCUT2D eigenvalue weighted by Crippen LogP contribution is -2.00. The van der Waals surface area contributed by atoms with Crippen molar-refractivity contribution in [3.63, 3.8) is 0 Å². The standard InChI is InChI=1S/C15H16ClNO4S/c1-3-20-12-6-9(5-11(16)14(12)21-4-2)15-17-10(8-22-15)7-13(18)19/h5-6,8H,3-4,7H2,1-2H3,(H,18,19). The minimum Gasteiger partial charge on any atom is -0.490 e. The van der Waals surface area contributed by atoms with Gasteiger partial charge in [0.15, 0.2) is 11.5 Å². The molecule has 7 heteroatoms. The fourth-order valence-electron chi connectivity index (χ4n) is 1.91. The Morgan fingerprint density at radius 1 is 1.32 bits per heavy atom. The number of carbonyl (C=O) groups is 1. The molecule has 0 bridgehead atoms. The van der Waals surface area contributed by atoms with Gasteiger partial charge in [0.25, 0.3) is 0 Å². The van der Waals surface area contributed by atoms with Crippen molar-refractivity contribution in [2.75, 3.05) is 13.2 Å². The maximum absolute atomic E-state index is 10.7. The van der Waals surface area contributed by atoms with Crippen LogP contribution in [0.25, 0.3) is 10.6 Å². The topological polar surface area (TPSA) is 68.7 Å². The fourth-order valence-corrected chi connectivity index (χ4v) is 2.99. The molecule has 0 unspecified atom stereocenters. The number of halogens is 1. The van der Waals surface area contributed by atoms with Gasteiger partial charge < -0.3 is 14.6 Å². The number of carboxylic acids is 1. The van der Waals surface area contributed by atoms with E-state index in [-0.39, 0.29) is 6.42 Å². The normalized spacial score (nSPS) is 10.5. The number of hydrogen-bond acceptors (Lipinski definition) is 5. The fraction of sp³-hybridized carbons (Fsp3) is 0.333. The minimum absolute atomic E-state index is 0.0976. The molecule has 0 saturated carbocycles. The van der Waals surface area contributed by atoms with Gasteiger partial charge in [-0.05, 0) is 26.0 Å². The zero-order valence-electron chi connectivity index (χ0n) is 12.3. The first-order chi connectivity index (χ1) is 10.5. The Kier molecular flexibility index (Phi) is 5.63. The SMILES string of the molecule is CCOc1cc(-c2nc(CC(=O)O)cs2)cc(Cl)c1OCC. The largest absolute Gasteiger partial charge is 0.490 e. The number of carboxylic acid groups (broad SMARTS) is 1. The molecule has 0 aliphatic carbocycles. The van der Waals surface area contributed by atoms with E-state index in [1.165, 1.54) is 11.3 Å². The van der Waals surface area contributed by atoms with Gasteiger partial charge in [0.1, 0.15) is 5.01 Å². The molecule has 0 saturated heterocycles. The van der Waals surface area contributed by atoms with E-state index >= 15 is 0 Å². The highest BCUT2D eigenvalue weighted by Gasteiger charge is 2.15. The second-order valence-corrected chi connectivity index (χ2v) is 5.63. The smallest absolute Gasteiger partial charge is 0.309 e. The third kappa shape index (κ3) is 3.90. The third-order valence-electron chi connectivity index (χ3n) is 2.73. The quantitative estimate of drug-likeness (QED) is 0.827. The molecule has 0 fully saturated rings. The molecule has 1 N–H and O–H groups in total. The van der Waals surface area contributed by atoms with Crippen LogP contribution >= 0.6 is 22.9 Å². The van der Waals surface area contributed by atoms with E-state index in [9.17, 15) is 4.79 Å². The molecule has 0 spiro atoms. The van der Waals surface area contributed by atoms with Gasteiger partial charge in [0, 0.05) is 10.9 Å². The lowest BCUT2D eigenvalue weighted by atomic mass is 10.2. The summed E-state index contributed by atoms with van der Waals surface area (Å²) < 4.78 is 11.1. The molecule has 2 rings (SSSR count). The van der Waals surface area contributed by atoms with Crippen LogP contribution < -0.4 is 9.47 Å². The minimum atomic E-state index is -0.906. The van der Waals surface area contributed by atoms with Crippen molar-refractivity contribution in [3.05, 3.63) is 28.2 Å². The van der Waals surface area contributed by atoms with Crippen molar-refractivity contribution in [1.82, 2.24) is 4.98 Å². The van der Waals surface area contributed by atoms with E-state index < -0.39 is 5.97 Å². The summed E-state index contributed by atoms with van der Waals surface area (Å²) in [5.41, 5.74) is 1.30. The number of aliphatic carboxylic acids is 1. The lowest BCUT2D eigenvalue weighted by Gasteiger charge is -2.13. The number of thiazole rings is 1. The van der Waals surface area contributed by atoms with E-state index in [1.807, 2.05) is 19.9 Å². The van der Waals surface area contributed by atoms with Crippen molar-refractivity contribution in [1.29, 1.82) is 0 Å². The second-order valence-electron chi connectivity index (χ2n) is 4.37. The summed E-state index contributed by atoms with van der Waals surface area (Å²) in [4.78, 5) is 15.1. The molecule has 5 nitrogen and oxygen atoms in total. The average Bonchev–Trinajstić information content (AvgIpc) is 2.90. The van der Waals surface area contributed by atoms with Crippen LogP contribution in [0.5, 0.6) is 11.5 Å². The Labute approximate surface area is 137 Å². The van der Waals surface area contributed by atoms with Gasteiger partial charge >= 0.3 is 5.97 Å². The maximum atomic E-state index is 10.7. The molecule has 1 aromatic carbocycles. The molecular formula is C15H16ClNO4S. The number of aromatic nitrogens is 1. The van der Waals surface area contributed by atoms with Gasteiger partial charge in [-0.3, -0.25) is 4.79 Å². The summed E-state index contributed by atoms with van der Waals surface area (Å²) in [6.45, 7) is 4.73. The molecule has 0 amide bonds. The lowest BCUT2D eigenvalue weighted by molar-refractivity contribution is -0.136. The van der Waals surface area contributed by atoms with Gasteiger partial charge in [-0.25, -0.2) is 4.98 Å². The molecular weight excluding hydrogens is 326 g/mol. The molecule has 2 aromatic rings. The van der Waals surface area contributed by atoms with E-state index in [4.69, 9.17) is 26.2 Å². The van der Waals surface area contributed by atoms with Crippen LogP contribution in [0.2, 0.25) is 5.02 Å². The summed E-state index contributed by atoms with van der Waals surface area (Å²) in [6.07, 6.45) is -0.0976. The Morgan fingerprint density at radius 2 is 2.05 bits per heavy atom. The number of nitrogens with zero attached hydrogens (tertiary/aromatic N) is 1. The average molecular weight is 342 g/mol. The van der Waals surface area contributed by atoms with Crippen LogP contribution in [0, 0.1) is 0 Å². The molecule has 0 atom stereocenters. The Bertz CT molecular complexity index is 672. The van der Waals surface area contributed by atoms with Crippen LogP contribution in [-0.2, 0) is 11.2 Å². The van der Waals surface area contributed by atoms with Crippen molar-refractivity contribution in [3.8, 4) is 22.1 Å². The van der Waals surface area contributed by atoms with Crippen molar-refractivity contribution in [2.24, 2.45) is 0 Å². The summed E-state index contributed by atoms with van der Waals surface area (Å²) in [7, 11) is 0. The van der Waals surface area contributed by atoms with Gasteiger partial charge in [0.2, 0.25) is 0 Å². The van der Waals surface area contributed by atoms with E-state index in [2.05, 4.69) is 4.98 Å².